The van der Waals surface area contributed by atoms with Crippen molar-refractivity contribution in [3.8, 4) is 0 Å². The highest BCUT2D eigenvalue weighted by Crippen LogP contribution is 2.08. The van der Waals surface area contributed by atoms with E-state index in [0.29, 0.717) is 11.5 Å². The zero-order valence-electron chi connectivity index (χ0n) is 8.05. The van der Waals surface area contributed by atoms with Crippen LogP contribution in [0.2, 0.25) is 0 Å². The third-order valence-electron chi connectivity index (χ3n) is 1.57. The predicted octanol–water partition coefficient (Wildman–Crippen LogP) is 2.15. The van der Waals surface area contributed by atoms with E-state index in [9.17, 15) is 4.79 Å². The molecule has 0 aliphatic carbocycles. The lowest BCUT2D eigenvalue weighted by Gasteiger charge is -2.01. The minimum atomic E-state index is -0.122. The van der Waals surface area contributed by atoms with Crippen LogP contribution in [0.25, 0.3) is 0 Å². The third-order valence-corrected chi connectivity index (χ3v) is 3.02. The molecule has 5 heteroatoms. The van der Waals surface area contributed by atoms with Crippen molar-refractivity contribution in [2.24, 2.45) is 0 Å². The Kier molecular flexibility index (Phi) is 5.04. The largest absolute Gasteiger partial charge is 0.310 e. The van der Waals surface area contributed by atoms with Gasteiger partial charge in [0.2, 0.25) is 0 Å². The third kappa shape index (κ3) is 3.72. The van der Waals surface area contributed by atoms with Crippen molar-refractivity contribution in [1.29, 1.82) is 0 Å². The number of nitrogens with zero attached hydrogens (tertiary/aromatic N) is 1. The average Bonchev–Trinajstić information content (AvgIpc) is 2.17. The highest BCUT2D eigenvalue weighted by Gasteiger charge is 2.00. The monoisotopic (exact) mass is 232 g/mol. The zero-order chi connectivity index (χ0) is 10.4. The van der Waals surface area contributed by atoms with E-state index in [4.69, 9.17) is 11.6 Å². The topological polar surface area (TPSA) is 45.8 Å². The van der Waals surface area contributed by atoms with Crippen LogP contribution >= 0.6 is 23.4 Å². The minimum Gasteiger partial charge on any atom is -0.310 e. The number of alkyl halides is 1. The summed E-state index contributed by atoms with van der Waals surface area (Å²) in [6.07, 6.45) is 1.13. The Morgan fingerprint density at radius 2 is 2.43 bits per heavy atom. The van der Waals surface area contributed by atoms with Gasteiger partial charge in [-0.3, -0.25) is 4.79 Å². The lowest BCUT2D eigenvalue weighted by Crippen LogP contribution is -2.11. The smallest absolute Gasteiger partial charge is 0.251 e. The first-order valence-corrected chi connectivity index (χ1v) is 6.18. The highest BCUT2D eigenvalue weighted by atomic mass is 35.5. The molecule has 0 radical (unpaired) electrons. The fraction of sp³-hybridized carbons (Fsp3) is 0.556. The predicted molar refractivity (Wildman–Crippen MR) is 60.9 cm³/mol. The summed E-state index contributed by atoms with van der Waals surface area (Å²) in [4.78, 5) is 18.0. The Morgan fingerprint density at radius 1 is 1.64 bits per heavy atom. The van der Waals surface area contributed by atoms with Crippen molar-refractivity contribution < 1.29 is 0 Å². The summed E-state index contributed by atoms with van der Waals surface area (Å²) in [6, 6.07) is 1.43. The van der Waals surface area contributed by atoms with Crippen molar-refractivity contribution in [2.75, 3.05) is 5.75 Å². The second-order valence-electron chi connectivity index (χ2n) is 2.87. The summed E-state index contributed by atoms with van der Waals surface area (Å²) in [6.45, 7) is 2.12. The molecule has 0 fully saturated rings. The molecule has 1 aromatic heterocycles. The van der Waals surface area contributed by atoms with Gasteiger partial charge in [-0.25, -0.2) is 4.98 Å². The summed E-state index contributed by atoms with van der Waals surface area (Å²) in [5.41, 5.74) is 0.519. The average molecular weight is 233 g/mol. The first-order chi connectivity index (χ1) is 6.76. The molecule has 3 nitrogen and oxygen atoms in total. The van der Waals surface area contributed by atoms with E-state index in [-0.39, 0.29) is 11.4 Å². The lowest BCUT2D eigenvalue weighted by atomic mass is 10.4. The standard InChI is InChI=1S/C9H13ClN2OS/c1-2-3-14-6-8-11-7(5-10)4-9(13)12-8/h4H,2-3,5-6H2,1H3,(H,11,12,13). The molecule has 0 saturated carbocycles. The Labute approximate surface area is 92.3 Å². The van der Waals surface area contributed by atoms with E-state index in [0.717, 1.165) is 17.9 Å². The van der Waals surface area contributed by atoms with Gasteiger partial charge >= 0.3 is 0 Å². The van der Waals surface area contributed by atoms with Crippen molar-refractivity contribution in [3.05, 3.63) is 27.9 Å². The molecule has 1 heterocycles. The molecule has 1 rings (SSSR count). The summed E-state index contributed by atoms with van der Waals surface area (Å²) >= 11 is 7.37. The van der Waals surface area contributed by atoms with Crippen LogP contribution in [0.5, 0.6) is 0 Å². The normalized spacial score (nSPS) is 10.4. The van der Waals surface area contributed by atoms with Gasteiger partial charge in [-0.15, -0.1) is 11.6 Å². The minimum absolute atomic E-state index is 0.122. The number of nitrogens with one attached hydrogen (secondary N) is 1. The Bertz CT molecular complexity index is 340. The molecule has 0 aliphatic rings. The molecule has 0 amide bonds. The first-order valence-electron chi connectivity index (χ1n) is 4.49. The van der Waals surface area contributed by atoms with Crippen LogP contribution in [0.3, 0.4) is 0 Å². The molecular weight excluding hydrogens is 220 g/mol. The highest BCUT2D eigenvalue weighted by molar-refractivity contribution is 7.98. The number of halogens is 1. The van der Waals surface area contributed by atoms with Crippen LogP contribution in [-0.4, -0.2) is 15.7 Å². The fourth-order valence-electron chi connectivity index (χ4n) is 1.01. The molecule has 78 valence electrons. The van der Waals surface area contributed by atoms with Gasteiger partial charge in [0.25, 0.3) is 5.56 Å². The Hall–Kier alpha value is -0.480. The molecule has 0 saturated heterocycles. The lowest BCUT2D eigenvalue weighted by molar-refractivity contribution is 0.958. The molecular formula is C9H13ClN2OS. The van der Waals surface area contributed by atoms with Gasteiger partial charge in [0.1, 0.15) is 5.82 Å². The van der Waals surface area contributed by atoms with Crippen LogP contribution in [0.1, 0.15) is 24.9 Å². The second kappa shape index (κ2) is 6.09. The van der Waals surface area contributed by atoms with Gasteiger partial charge in [0, 0.05) is 6.07 Å². The number of aromatic amines is 1. The molecule has 0 spiro atoms. The number of H-pyrrole nitrogens is 1. The molecule has 0 unspecified atom stereocenters. The SMILES string of the molecule is CCCSCc1nc(CCl)cc(=O)[nH]1. The van der Waals surface area contributed by atoms with Gasteiger partial charge in [0.05, 0.1) is 17.3 Å². The second-order valence-corrected chi connectivity index (χ2v) is 4.24. The number of hydrogen-bond acceptors (Lipinski definition) is 3. The maximum atomic E-state index is 11.1. The number of hydrogen-bond donors (Lipinski definition) is 1. The molecule has 0 atom stereocenters. The summed E-state index contributed by atoms with van der Waals surface area (Å²) in [7, 11) is 0. The molecule has 1 N–H and O–H groups in total. The van der Waals surface area contributed by atoms with Crippen LogP contribution in [0.4, 0.5) is 0 Å². The quantitative estimate of drug-likeness (QED) is 0.625. The van der Waals surface area contributed by atoms with E-state index >= 15 is 0 Å². The van der Waals surface area contributed by atoms with Crippen molar-refractivity contribution in [3.63, 3.8) is 0 Å². The Morgan fingerprint density at radius 3 is 3.07 bits per heavy atom. The molecule has 1 aromatic rings. The number of rotatable bonds is 5. The first kappa shape index (κ1) is 11.6. The van der Waals surface area contributed by atoms with Crippen LogP contribution < -0.4 is 5.56 Å². The van der Waals surface area contributed by atoms with Gasteiger partial charge in [-0.05, 0) is 12.2 Å². The maximum absolute atomic E-state index is 11.1. The van der Waals surface area contributed by atoms with E-state index in [1.807, 2.05) is 0 Å². The molecule has 14 heavy (non-hydrogen) atoms. The summed E-state index contributed by atoms with van der Waals surface area (Å²) < 4.78 is 0. The maximum Gasteiger partial charge on any atom is 0.251 e. The van der Waals surface area contributed by atoms with Crippen molar-refractivity contribution in [2.45, 2.75) is 25.0 Å². The zero-order valence-corrected chi connectivity index (χ0v) is 9.62. The van der Waals surface area contributed by atoms with Crippen LogP contribution in [0, 0.1) is 0 Å². The van der Waals surface area contributed by atoms with Crippen molar-refractivity contribution in [1.82, 2.24) is 9.97 Å². The summed E-state index contributed by atoms with van der Waals surface area (Å²) in [5.74, 6) is 2.82. The van der Waals surface area contributed by atoms with Gasteiger partial charge < -0.3 is 4.98 Å². The van der Waals surface area contributed by atoms with E-state index < -0.39 is 0 Å². The molecule has 0 aliphatic heterocycles. The van der Waals surface area contributed by atoms with E-state index in [2.05, 4.69) is 16.9 Å². The van der Waals surface area contributed by atoms with Gasteiger partial charge in [-0.2, -0.15) is 11.8 Å². The molecule has 0 bridgehead atoms. The van der Waals surface area contributed by atoms with Crippen LogP contribution in [0.15, 0.2) is 10.9 Å². The molecule has 0 aromatic carbocycles. The van der Waals surface area contributed by atoms with Gasteiger partial charge in [0.15, 0.2) is 0 Å². The number of aromatic nitrogens is 2. The fourth-order valence-corrected chi connectivity index (χ4v) is 1.91. The van der Waals surface area contributed by atoms with E-state index in [1.165, 1.54) is 6.07 Å². The van der Waals surface area contributed by atoms with Crippen molar-refractivity contribution >= 4 is 23.4 Å². The van der Waals surface area contributed by atoms with Crippen LogP contribution in [-0.2, 0) is 11.6 Å². The Balaban J connectivity index is 2.67. The number of thioether (sulfide) groups is 1. The van der Waals surface area contributed by atoms with E-state index in [1.54, 1.807) is 11.8 Å². The summed E-state index contributed by atoms with van der Waals surface area (Å²) in [5, 5.41) is 0. The van der Waals surface area contributed by atoms with Gasteiger partial charge in [-0.1, -0.05) is 6.92 Å².